The normalized spacial score (nSPS) is 22.7. The molecule has 1 heterocycles. The summed E-state index contributed by atoms with van der Waals surface area (Å²) in [7, 11) is 0. The molecular formula is C9H14ClNO3. The van der Waals surface area contributed by atoms with Crippen molar-refractivity contribution >= 4 is 23.5 Å². The summed E-state index contributed by atoms with van der Waals surface area (Å²) in [4.78, 5) is 23.8. The molecule has 5 heteroatoms. The van der Waals surface area contributed by atoms with Crippen LogP contribution >= 0.6 is 11.6 Å². The Morgan fingerprint density at radius 1 is 1.57 bits per heavy atom. The van der Waals surface area contributed by atoms with Gasteiger partial charge in [-0.05, 0) is 20.8 Å². The molecule has 0 saturated carbocycles. The first-order valence-corrected chi connectivity index (χ1v) is 4.88. The van der Waals surface area contributed by atoms with Gasteiger partial charge in [0.1, 0.15) is 11.0 Å². The summed E-state index contributed by atoms with van der Waals surface area (Å²) in [6, 6.07) is 0. The third-order valence-corrected chi connectivity index (χ3v) is 2.11. The molecular weight excluding hydrogens is 206 g/mol. The third kappa shape index (κ3) is 2.87. The summed E-state index contributed by atoms with van der Waals surface area (Å²) in [5, 5.41) is -0.581. The summed E-state index contributed by atoms with van der Waals surface area (Å²) in [6.45, 7) is 5.64. The number of rotatable bonds is 0. The van der Waals surface area contributed by atoms with Gasteiger partial charge in [-0.15, -0.1) is 11.6 Å². The fraction of sp³-hybridized carbons (Fsp3) is 0.778. The van der Waals surface area contributed by atoms with E-state index in [2.05, 4.69) is 0 Å². The molecule has 0 spiro atoms. The lowest BCUT2D eigenvalue weighted by Crippen LogP contribution is -2.35. The Bertz CT molecular complexity index is 259. The molecule has 0 N–H and O–H groups in total. The van der Waals surface area contributed by atoms with E-state index in [1.165, 1.54) is 4.90 Å². The number of hydrogen-bond acceptors (Lipinski definition) is 3. The molecule has 1 aliphatic rings. The number of nitrogens with zero attached hydrogens (tertiary/aromatic N) is 1. The highest BCUT2D eigenvalue weighted by atomic mass is 35.5. The lowest BCUT2D eigenvalue weighted by Gasteiger charge is -2.23. The first-order valence-electron chi connectivity index (χ1n) is 4.44. The standard InChI is InChI=1S/C9H14ClNO3/c1-9(2,3)14-8(13)11-4-6(10)7(12)5-11/h6H,4-5H2,1-3H3/t6-/m0/s1. The van der Waals surface area contributed by atoms with Crippen molar-refractivity contribution < 1.29 is 14.3 Å². The van der Waals surface area contributed by atoms with E-state index < -0.39 is 17.1 Å². The minimum atomic E-state index is -0.581. The van der Waals surface area contributed by atoms with Gasteiger partial charge in [-0.3, -0.25) is 9.69 Å². The highest BCUT2D eigenvalue weighted by molar-refractivity contribution is 6.32. The molecule has 0 radical (unpaired) electrons. The lowest BCUT2D eigenvalue weighted by atomic mass is 10.2. The highest BCUT2D eigenvalue weighted by Gasteiger charge is 2.34. The molecule has 1 saturated heterocycles. The number of carbonyl (C=O) groups is 2. The van der Waals surface area contributed by atoms with Crippen LogP contribution in [0.15, 0.2) is 0 Å². The second-order valence-electron chi connectivity index (χ2n) is 4.29. The van der Waals surface area contributed by atoms with E-state index in [9.17, 15) is 9.59 Å². The van der Waals surface area contributed by atoms with Gasteiger partial charge < -0.3 is 4.74 Å². The molecule has 0 bridgehead atoms. The molecule has 0 aromatic rings. The van der Waals surface area contributed by atoms with Gasteiger partial charge >= 0.3 is 6.09 Å². The fourth-order valence-corrected chi connectivity index (χ4v) is 1.35. The van der Waals surface area contributed by atoms with E-state index in [0.717, 1.165) is 0 Å². The topological polar surface area (TPSA) is 46.6 Å². The average molecular weight is 220 g/mol. The van der Waals surface area contributed by atoms with E-state index >= 15 is 0 Å². The van der Waals surface area contributed by atoms with Crippen LogP contribution in [-0.2, 0) is 9.53 Å². The van der Waals surface area contributed by atoms with Crippen molar-refractivity contribution in [1.82, 2.24) is 4.90 Å². The molecule has 0 unspecified atom stereocenters. The van der Waals surface area contributed by atoms with E-state index in [1.807, 2.05) is 0 Å². The Balaban J connectivity index is 2.52. The zero-order chi connectivity index (χ0) is 10.9. The smallest absolute Gasteiger partial charge is 0.410 e. The summed E-state index contributed by atoms with van der Waals surface area (Å²) < 4.78 is 5.09. The largest absolute Gasteiger partial charge is 0.444 e. The van der Waals surface area contributed by atoms with Gasteiger partial charge in [0.25, 0.3) is 0 Å². The summed E-state index contributed by atoms with van der Waals surface area (Å²) in [5.74, 6) is -0.127. The Hall–Kier alpha value is -0.770. The van der Waals surface area contributed by atoms with Gasteiger partial charge in [0.05, 0.1) is 6.54 Å². The molecule has 1 aliphatic heterocycles. The van der Waals surface area contributed by atoms with Crippen LogP contribution in [0, 0.1) is 0 Å². The Morgan fingerprint density at radius 2 is 2.14 bits per heavy atom. The number of halogens is 1. The monoisotopic (exact) mass is 219 g/mol. The SMILES string of the molecule is CC(C)(C)OC(=O)N1CC(=O)[C@@H](Cl)C1. The van der Waals surface area contributed by atoms with Crippen molar-refractivity contribution in [3.8, 4) is 0 Å². The van der Waals surface area contributed by atoms with Crippen LogP contribution in [0.2, 0.25) is 0 Å². The number of alkyl halides is 1. The highest BCUT2D eigenvalue weighted by Crippen LogP contribution is 2.16. The Kier molecular flexibility index (Phi) is 3.04. The van der Waals surface area contributed by atoms with Crippen LogP contribution in [0.3, 0.4) is 0 Å². The zero-order valence-corrected chi connectivity index (χ0v) is 9.30. The molecule has 4 nitrogen and oxygen atoms in total. The average Bonchev–Trinajstić information content (AvgIpc) is 2.28. The number of likely N-dealkylation sites (tertiary alicyclic amines) is 1. The first-order chi connectivity index (χ1) is 6.29. The van der Waals surface area contributed by atoms with Gasteiger partial charge in [-0.1, -0.05) is 0 Å². The minimum absolute atomic E-state index is 0.0586. The van der Waals surface area contributed by atoms with Gasteiger partial charge in [-0.25, -0.2) is 4.79 Å². The van der Waals surface area contributed by atoms with Gasteiger partial charge in [0, 0.05) is 6.54 Å². The van der Waals surface area contributed by atoms with Crippen molar-refractivity contribution in [2.45, 2.75) is 31.7 Å². The number of carbonyl (C=O) groups excluding carboxylic acids is 2. The second kappa shape index (κ2) is 3.77. The molecule has 0 aliphatic carbocycles. The van der Waals surface area contributed by atoms with Crippen LogP contribution in [-0.4, -0.2) is 40.8 Å². The summed E-state index contributed by atoms with van der Waals surface area (Å²) in [6.07, 6.45) is -0.478. The van der Waals surface area contributed by atoms with E-state index in [0.29, 0.717) is 0 Å². The Morgan fingerprint density at radius 3 is 2.50 bits per heavy atom. The molecule has 1 amide bonds. The molecule has 1 rings (SSSR count). The van der Waals surface area contributed by atoms with E-state index in [4.69, 9.17) is 16.3 Å². The van der Waals surface area contributed by atoms with Crippen molar-refractivity contribution in [3.05, 3.63) is 0 Å². The first kappa shape index (κ1) is 11.3. The number of hydrogen-bond donors (Lipinski definition) is 0. The third-order valence-electron chi connectivity index (χ3n) is 1.73. The zero-order valence-electron chi connectivity index (χ0n) is 8.54. The van der Waals surface area contributed by atoms with Gasteiger partial charge in [-0.2, -0.15) is 0 Å². The second-order valence-corrected chi connectivity index (χ2v) is 4.82. The maximum absolute atomic E-state index is 11.4. The number of Topliss-reactive ketones (excluding diaryl/α,β-unsaturated/α-hetero) is 1. The Labute approximate surface area is 88.2 Å². The predicted octanol–water partition coefficient (Wildman–Crippen LogP) is 1.41. The molecule has 1 atom stereocenters. The minimum Gasteiger partial charge on any atom is -0.444 e. The van der Waals surface area contributed by atoms with Crippen LogP contribution < -0.4 is 0 Å². The van der Waals surface area contributed by atoms with E-state index in [1.54, 1.807) is 20.8 Å². The van der Waals surface area contributed by atoms with Crippen molar-refractivity contribution in [2.75, 3.05) is 13.1 Å². The van der Waals surface area contributed by atoms with Gasteiger partial charge in [0.2, 0.25) is 0 Å². The lowest BCUT2D eigenvalue weighted by molar-refractivity contribution is -0.116. The fourth-order valence-electron chi connectivity index (χ4n) is 1.11. The molecule has 0 aromatic heterocycles. The van der Waals surface area contributed by atoms with Gasteiger partial charge in [0.15, 0.2) is 5.78 Å². The predicted molar refractivity (Wildman–Crippen MR) is 52.5 cm³/mol. The van der Waals surface area contributed by atoms with E-state index in [-0.39, 0.29) is 18.9 Å². The molecule has 1 fully saturated rings. The van der Waals surface area contributed by atoms with Crippen molar-refractivity contribution in [3.63, 3.8) is 0 Å². The number of ketones is 1. The quantitative estimate of drug-likeness (QED) is 0.579. The van der Waals surface area contributed by atoms with Crippen molar-refractivity contribution in [1.29, 1.82) is 0 Å². The number of ether oxygens (including phenoxy) is 1. The van der Waals surface area contributed by atoms with Crippen LogP contribution in [0.4, 0.5) is 4.79 Å². The number of amides is 1. The summed E-state index contributed by atoms with van der Waals surface area (Å²) in [5.41, 5.74) is -0.537. The van der Waals surface area contributed by atoms with Crippen molar-refractivity contribution in [2.24, 2.45) is 0 Å². The van der Waals surface area contributed by atoms with Crippen LogP contribution in [0.5, 0.6) is 0 Å². The molecule has 14 heavy (non-hydrogen) atoms. The molecule has 80 valence electrons. The maximum Gasteiger partial charge on any atom is 0.410 e. The maximum atomic E-state index is 11.4. The van der Waals surface area contributed by atoms with Crippen LogP contribution in [0.25, 0.3) is 0 Å². The summed E-state index contributed by atoms with van der Waals surface area (Å²) >= 11 is 5.67. The molecule has 0 aromatic carbocycles. The van der Waals surface area contributed by atoms with Crippen LogP contribution in [0.1, 0.15) is 20.8 Å².